The van der Waals surface area contributed by atoms with E-state index in [2.05, 4.69) is 45.3 Å². The molecule has 4 heterocycles. The number of aromatic nitrogens is 5. The molecule has 2 N–H and O–H groups in total. The van der Waals surface area contributed by atoms with E-state index in [1.165, 1.54) is 4.68 Å². The van der Waals surface area contributed by atoms with Crippen molar-refractivity contribution in [2.45, 2.75) is 45.3 Å². The first-order chi connectivity index (χ1) is 17.2. The van der Waals surface area contributed by atoms with Gasteiger partial charge in [0.1, 0.15) is 18.2 Å². The Hall–Kier alpha value is -3.51. The standard InChI is InChI=1S/C24H33N7O4Si/c1-30-14-18-21(29-30)24(33)26-8-5-6-10-35-20-13-17(7-9-25-20)22-27-19(23(32)28-18)15-31(22)16-34-11-12-36(2,3)4/h7,9,13-15H,5-6,8,10-12,16H2,1-4H3,(H,26,33)(H,28,32). The van der Waals surface area contributed by atoms with E-state index in [4.69, 9.17) is 9.47 Å². The number of hydrogen-bond acceptors (Lipinski definition) is 7. The summed E-state index contributed by atoms with van der Waals surface area (Å²) in [7, 11) is 0.456. The Bertz CT molecular complexity index is 1230. The maximum absolute atomic E-state index is 13.2. The van der Waals surface area contributed by atoms with Gasteiger partial charge in [0, 0.05) is 58.5 Å². The molecule has 0 atom stereocenters. The zero-order valence-electron chi connectivity index (χ0n) is 21.2. The molecule has 192 valence electrons. The van der Waals surface area contributed by atoms with Crippen LogP contribution in [0.15, 0.2) is 30.7 Å². The number of amides is 2. The minimum atomic E-state index is -1.24. The first kappa shape index (κ1) is 25.6. The topological polar surface area (TPSA) is 125 Å². The van der Waals surface area contributed by atoms with Crippen LogP contribution in [0.1, 0.15) is 33.8 Å². The fourth-order valence-electron chi connectivity index (χ4n) is 3.65. The summed E-state index contributed by atoms with van der Waals surface area (Å²) >= 11 is 0. The predicted molar refractivity (Wildman–Crippen MR) is 138 cm³/mol. The third-order valence-electron chi connectivity index (χ3n) is 5.63. The summed E-state index contributed by atoms with van der Waals surface area (Å²) in [6, 6.07) is 4.66. The number of nitrogens with zero attached hydrogens (tertiary/aromatic N) is 5. The molecule has 4 bridgehead atoms. The fraction of sp³-hybridized carbons (Fsp3) is 0.458. The van der Waals surface area contributed by atoms with Gasteiger partial charge in [0.15, 0.2) is 5.69 Å². The van der Waals surface area contributed by atoms with Crippen molar-refractivity contribution >= 4 is 25.6 Å². The van der Waals surface area contributed by atoms with Gasteiger partial charge in [0.05, 0.1) is 12.3 Å². The lowest BCUT2D eigenvalue weighted by Gasteiger charge is -2.16. The van der Waals surface area contributed by atoms with Crippen molar-refractivity contribution in [3.05, 3.63) is 42.1 Å². The van der Waals surface area contributed by atoms with Crippen LogP contribution < -0.4 is 15.4 Å². The molecule has 0 unspecified atom stereocenters. The van der Waals surface area contributed by atoms with E-state index in [1.54, 1.807) is 30.2 Å². The van der Waals surface area contributed by atoms with Crippen LogP contribution in [0.2, 0.25) is 25.7 Å². The number of ether oxygens (including phenoxy) is 2. The number of imidazole rings is 1. The lowest BCUT2D eigenvalue weighted by molar-refractivity contribution is 0.0881. The molecule has 11 nitrogen and oxygen atoms in total. The van der Waals surface area contributed by atoms with E-state index >= 15 is 0 Å². The van der Waals surface area contributed by atoms with Gasteiger partial charge in [-0.2, -0.15) is 5.10 Å². The molecule has 36 heavy (non-hydrogen) atoms. The molecule has 0 aliphatic carbocycles. The third kappa shape index (κ3) is 6.58. The molecule has 2 amide bonds. The Morgan fingerprint density at radius 2 is 2.00 bits per heavy atom. The third-order valence-corrected chi connectivity index (χ3v) is 7.33. The van der Waals surface area contributed by atoms with Gasteiger partial charge in [-0.15, -0.1) is 0 Å². The zero-order chi connectivity index (χ0) is 25.7. The molecule has 12 heteroatoms. The molecule has 0 aromatic carbocycles. The molecular weight excluding hydrogens is 478 g/mol. The van der Waals surface area contributed by atoms with Crippen LogP contribution in [0.3, 0.4) is 0 Å². The average molecular weight is 512 g/mol. The molecule has 0 fully saturated rings. The first-order valence-electron chi connectivity index (χ1n) is 12.1. The maximum atomic E-state index is 13.2. The largest absolute Gasteiger partial charge is 0.478 e. The van der Waals surface area contributed by atoms with Crippen LogP contribution in [0.4, 0.5) is 5.69 Å². The van der Waals surface area contributed by atoms with Gasteiger partial charge in [-0.25, -0.2) is 9.97 Å². The summed E-state index contributed by atoms with van der Waals surface area (Å²) in [5.74, 6) is 0.229. The monoisotopic (exact) mass is 511 g/mol. The smallest absolute Gasteiger partial charge is 0.275 e. The lowest BCUT2D eigenvalue weighted by atomic mass is 10.2. The molecule has 0 spiro atoms. The Balaban J connectivity index is 1.66. The highest BCUT2D eigenvalue weighted by Crippen LogP contribution is 2.24. The van der Waals surface area contributed by atoms with Gasteiger partial charge in [-0.3, -0.25) is 14.3 Å². The van der Waals surface area contributed by atoms with Crippen LogP contribution in [0.5, 0.6) is 5.88 Å². The Kier molecular flexibility index (Phi) is 7.84. The number of aryl methyl sites for hydroxylation is 1. The second kappa shape index (κ2) is 11.0. The highest BCUT2D eigenvalue weighted by Gasteiger charge is 2.22. The highest BCUT2D eigenvalue weighted by molar-refractivity contribution is 6.76. The summed E-state index contributed by atoms with van der Waals surface area (Å²) in [6.45, 7) is 8.70. The van der Waals surface area contributed by atoms with Crippen molar-refractivity contribution < 1.29 is 19.1 Å². The van der Waals surface area contributed by atoms with E-state index in [1.807, 2.05) is 12.1 Å². The van der Waals surface area contributed by atoms with E-state index in [-0.39, 0.29) is 24.0 Å². The maximum Gasteiger partial charge on any atom is 0.275 e. The van der Waals surface area contributed by atoms with Crippen LogP contribution in [0.25, 0.3) is 11.4 Å². The number of pyridine rings is 1. The van der Waals surface area contributed by atoms with Gasteiger partial charge < -0.3 is 24.7 Å². The van der Waals surface area contributed by atoms with Crippen molar-refractivity contribution in [1.29, 1.82) is 0 Å². The number of carbonyl (C=O) groups is 2. The van der Waals surface area contributed by atoms with E-state index in [9.17, 15) is 9.59 Å². The second-order valence-electron chi connectivity index (χ2n) is 9.98. The highest BCUT2D eigenvalue weighted by atomic mass is 28.3. The van der Waals surface area contributed by atoms with Crippen molar-refractivity contribution in [1.82, 2.24) is 29.6 Å². The first-order valence-corrected chi connectivity index (χ1v) is 15.8. The number of nitrogens with one attached hydrogen (secondary N) is 2. The molecular formula is C24H33N7O4Si. The van der Waals surface area contributed by atoms with Crippen LogP contribution in [0, 0.1) is 0 Å². The molecule has 1 aliphatic heterocycles. The molecule has 0 saturated heterocycles. The van der Waals surface area contributed by atoms with Crippen molar-refractivity contribution in [3.8, 4) is 17.3 Å². The second-order valence-corrected chi connectivity index (χ2v) is 15.6. The average Bonchev–Trinajstić information content (AvgIpc) is 3.41. The molecule has 0 saturated carbocycles. The van der Waals surface area contributed by atoms with Crippen LogP contribution >= 0.6 is 0 Å². The van der Waals surface area contributed by atoms with Crippen molar-refractivity contribution in [2.24, 2.45) is 7.05 Å². The lowest BCUT2D eigenvalue weighted by Crippen LogP contribution is -2.26. The van der Waals surface area contributed by atoms with Gasteiger partial charge in [0.2, 0.25) is 5.88 Å². The number of rotatable bonds is 5. The summed E-state index contributed by atoms with van der Waals surface area (Å²) < 4.78 is 15.1. The van der Waals surface area contributed by atoms with Gasteiger partial charge in [-0.05, 0) is 25.0 Å². The van der Waals surface area contributed by atoms with E-state index in [0.717, 1.165) is 24.4 Å². The van der Waals surface area contributed by atoms with Gasteiger partial charge in [-0.1, -0.05) is 19.6 Å². The summed E-state index contributed by atoms with van der Waals surface area (Å²) in [4.78, 5) is 34.8. The summed E-state index contributed by atoms with van der Waals surface area (Å²) in [5, 5.41) is 9.86. The van der Waals surface area contributed by atoms with Gasteiger partial charge in [0.25, 0.3) is 11.8 Å². The van der Waals surface area contributed by atoms with Crippen molar-refractivity contribution in [3.63, 3.8) is 0 Å². The predicted octanol–water partition coefficient (Wildman–Crippen LogP) is 3.15. The molecule has 0 radical (unpaired) electrons. The zero-order valence-corrected chi connectivity index (χ0v) is 22.2. The number of fused-ring (bicyclic) bond motifs is 6. The molecule has 3 aromatic heterocycles. The minimum absolute atomic E-state index is 0.150. The van der Waals surface area contributed by atoms with Crippen LogP contribution in [-0.4, -0.2) is 64.0 Å². The summed E-state index contributed by atoms with van der Waals surface area (Å²) in [5.41, 5.74) is 1.42. The molecule has 4 rings (SSSR count). The molecule has 1 aliphatic rings. The summed E-state index contributed by atoms with van der Waals surface area (Å²) in [6.07, 6.45) is 6.37. The van der Waals surface area contributed by atoms with E-state index in [0.29, 0.717) is 37.2 Å². The van der Waals surface area contributed by atoms with E-state index < -0.39 is 14.0 Å². The Labute approximate surface area is 211 Å². The molecule has 3 aromatic rings. The Morgan fingerprint density at radius 1 is 1.17 bits per heavy atom. The van der Waals surface area contributed by atoms with Crippen molar-refractivity contribution in [2.75, 3.05) is 25.1 Å². The number of anilines is 1. The Morgan fingerprint density at radius 3 is 2.81 bits per heavy atom. The minimum Gasteiger partial charge on any atom is -0.478 e. The number of hydrogen-bond donors (Lipinski definition) is 2. The quantitative estimate of drug-likeness (QED) is 0.398. The van der Waals surface area contributed by atoms with Gasteiger partial charge >= 0.3 is 0 Å². The normalized spacial score (nSPS) is 14.9. The van der Waals surface area contributed by atoms with Crippen LogP contribution in [-0.2, 0) is 18.5 Å². The number of carbonyl (C=O) groups excluding carboxylic acids is 2. The fourth-order valence-corrected chi connectivity index (χ4v) is 4.40. The SMILES string of the molecule is Cn1cc2c(n1)C(=O)NCCCCOc1cc(ccn1)-c1nc(cn1COCC[Si](C)(C)C)C(=O)N2.